The predicted octanol–water partition coefficient (Wildman–Crippen LogP) is 6.31. The number of carboxylic acids is 1. The first-order valence-corrected chi connectivity index (χ1v) is 23.9. The molecule has 10 heteroatoms. The normalized spacial score (nSPS) is 29.6. The molecule has 4 bridgehead atoms. The molecule has 0 heterocycles. The molecule has 38 heavy (non-hydrogen) atoms. The van der Waals surface area contributed by atoms with Gasteiger partial charge in [-0.1, -0.05) is 6.92 Å². The van der Waals surface area contributed by atoms with Crippen LogP contribution >= 0.6 is 0 Å². The van der Waals surface area contributed by atoms with Gasteiger partial charge in [0.25, 0.3) is 0 Å². The van der Waals surface area contributed by atoms with E-state index < -0.39 is 30.9 Å². The lowest BCUT2D eigenvalue weighted by Crippen LogP contribution is -2.59. The molecule has 2 unspecified atom stereocenters. The van der Waals surface area contributed by atoms with E-state index in [4.69, 9.17) is 18.4 Å². The molecule has 4 aliphatic rings. The molecule has 0 spiro atoms. The lowest BCUT2D eigenvalue weighted by molar-refractivity contribution is -0.137. The minimum absolute atomic E-state index is 0.0920. The Balaban J connectivity index is 1.47. The van der Waals surface area contributed by atoms with Gasteiger partial charge in [0.15, 0.2) is 16.6 Å². The predicted molar refractivity (Wildman–Crippen MR) is 160 cm³/mol. The second-order valence-corrected chi connectivity index (χ2v) is 26.8. The van der Waals surface area contributed by atoms with E-state index in [9.17, 15) is 9.59 Å². The number of aliphatic carboxylic acids is 1. The van der Waals surface area contributed by atoms with Crippen molar-refractivity contribution in [3.05, 3.63) is 0 Å². The fourth-order valence-electron chi connectivity index (χ4n) is 7.37. The van der Waals surface area contributed by atoms with Gasteiger partial charge in [0.05, 0.1) is 6.23 Å². The Morgan fingerprint density at radius 2 is 1.42 bits per heavy atom. The maximum absolute atomic E-state index is 13.0. The summed E-state index contributed by atoms with van der Waals surface area (Å²) < 4.78 is 18.9. The Bertz CT molecular complexity index is 776. The van der Waals surface area contributed by atoms with Crippen molar-refractivity contribution in [2.24, 2.45) is 17.8 Å². The first-order valence-electron chi connectivity index (χ1n) is 15.1. The Morgan fingerprint density at radius 3 is 1.95 bits per heavy atom. The third-order valence-electron chi connectivity index (χ3n) is 9.83. The van der Waals surface area contributed by atoms with Crippen molar-refractivity contribution in [1.82, 2.24) is 5.32 Å². The quantitative estimate of drug-likeness (QED) is 0.183. The summed E-state index contributed by atoms with van der Waals surface area (Å²) in [5.41, 5.74) is 0.0920. The van der Waals surface area contributed by atoms with E-state index in [0.29, 0.717) is 25.7 Å². The molecule has 2 atom stereocenters. The monoisotopic (exact) mass is 585 g/mol. The molecule has 4 fully saturated rings. The van der Waals surface area contributed by atoms with Crippen LogP contribution in [0.15, 0.2) is 0 Å². The third-order valence-corrected chi connectivity index (χ3v) is 19.4. The number of nitrogens with one attached hydrogen (secondary N) is 1. The van der Waals surface area contributed by atoms with Gasteiger partial charge in [0.1, 0.15) is 0 Å². The van der Waals surface area contributed by atoms with Gasteiger partial charge < -0.3 is 23.7 Å². The Kier molecular flexibility index (Phi) is 11.3. The summed E-state index contributed by atoms with van der Waals surface area (Å²) in [4.78, 5) is 24.1. The van der Waals surface area contributed by atoms with Crippen molar-refractivity contribution in [3.8, 4) is 0 Å². The van der Waals surface area contributed by atoms with E-state index in [-0.39, 0.29) is 17.9 Å². The second-order valence-electron chi connectivity index (χ2n) is 14.0. The maximum atomic E-state index is 13.0. The van der Waals surface area contributed by atoms with Crippen LogP contribution in [0.25, 0.3) is 0 Å². The topological polar surface area (TPSA) is 94.1 Å². The number of carboxylic acid groups (broad SMARTS) is 1. The zero-order valence-electron chi connectivity index (χ0n) is 25.0. The minimum Gasteiger partial charge on any atom is -0.481 e. The van der Waals surface area contributed by atoms with Gasteiger partial charge in [-0.15, -0.1) is 0 Å². The van der Waals surface area contributed by atoms with Gasteiger partial charge in [-0.3, -0.25) is 9.59 Å². The number of rotatable bonds is 18. The van der Waals surface area contributed by atoms with E-state index in [1.165, 1.54) is 38.5 Å². The molecule has 0 saturated heterocycles. The molecule has 0 radical (unpaired) electrons. The van der Waals surface area contributed by atoms with Crippen molar-refractivity contribution >= 4 is 36.8 Å². The number of hydrogen-bond donors (Lipinski definition) is 2. The van der Waals surface area contributed by atoms with Crippen LogP contribution in [0.3, 0.4) is 0 Å². The summed E-state index contributed by atoms with van der Waals surface area (Å²) in [6.07, 6.45) is 10.6. The zero-order chi connectivity index (χ0) is 28.0. The zero-order valence-corrected chi connectivity index (χ0v) is 28.0. The van der Waals surface area contributed by atoms with Crippen LogP contribution in [0.1, 0.15) is 71.1 Å². The molecule has 2 N–H and O–H groups in total. The molecular weight excluding hydrogens is 531 g/mol. The average Bonchev–Trinajstić information content (AvgIpc) is 2.81. The highest BCUT2D eigenvalue weighted by molar-refractivity contribution is 6.76. The van der Waals surface area contributed by atoms with Crippen LogP contribution in [0, 0.1) is 17.8 Å². The van der Waals surface area contributed by atoms with Crippen LogP contribution in [0.4, 0.5) is 0 Å². The fraction of sp³-hybridized carbons (Fsp3) is 0.929. The van der Waals surface area contributed by atoms with E-state index >= 15 is 0 Å². The Hall–Kier alpha value is -0.529. The van der Waals surface area contributed by atoms with Gasteiger partial charge in [0.2, 0.25) is 14.2 Å². The molecule has 4 rings (SSSR count). The summed E-state index contributed by atoms with van der Waals surface area (Å²) in [7, 11) is -4.15. The molecule has 220 valence electrons. The summed E-state index contributed by atoms with van der Waals surface area (Å²) in [5.74, 6) is 2.00. The van der Waals surface area contributed by atoms with Crippen LogP contribution in [-0.4, -0.2) is 67.4 Å². The molecule has 0 aromatic carbocycles. The van der Waals surface area contributed by atoms with Crippen LogP contribution < -0.4 is 5.32 Å². The van der Waals surface area contributed by atoms with E-state index in [1.54, 1.807) is 7.11 Å². The molecule has 1 amide bonds. The number of carbonyl (C=O) groups is 2. The highest BCUT2D eigenvalue weighted by atomic mass is 28.4. The second kappa shape index (κ2) is 13.4. The number of carbonyl (C=O) groups excluding carboxylic acids is 1. The summed E-state index contributed by atoms with van der Waals surface area (Å²) in [5, 5.41) is 12.7. The summed E-state index contributed by atoms with van der Waals surface area (Å²) in [6, 6.07) is 3.69. The van der Waals surface area contributed by atoms with E-state index in [1.807, 2.05) is 0 Å². The third kappa shape index (κ3) is 9.54. The van der Waals surface area contributed by atoms with Crippen LogP contribution in [-0.2, 0) is 22.9 Å². The molecule has 4 aliphatic carbocycles. The molecule has 0 aromatic heterocycles. The smallest absolute Gasteiger partial charge is 0.303 e. The van der Waals surface area contributed by atoms with Crippen molar-refractivity contribution < 1.29 is 28.0 Å². The highest BCUT2D eigenvalue weighted by Gasteiger charge is 2.51. The molecule has 0 aromatic rings. The molecular formula is C28H55NO6Si3. The number of hydrogen-bond acceptors (Lipinski definition) is 5. The van der Waals surface area contributed by atoms with Gasteiger partial charge in [-0.25, -0.2) is 0 Å². The standard InChI is InChI=1S/C28H55NO6Si3/c1-7-37(5,35-22-38(6,14-9-11-27(31)32)34-12-15-36(3,4)33-2)13-8-10-26(30)29-28-19-23-16-24(20-28)18-25(17-23)21-28/h23-25H,7-22H2,1-6H3,(H,29,30)(H,31,32). The van der Waals surface area contributed by atoms with Crippen LogP contribution in [0.5, 0.6) is 0 Å². The van der Waals surface area contributed by atoms with Gasteiger partial charge >= 0.3 is 5.97 Å². The first-order chi connectivity index (χ1) is 17.8. The molecule has 0 aliphatic heterocycles. The SMILES string of the molecule is CC[Si](C)(CCCC(=O)NC12CC3CC(CC(C3)C1)C2)OC[Si](C)(CCCC(=O)O)OCC[Si](C)(C)OC. The number of amides is 1. The first kappa shape index (κ1) is 32.0. The molecule has 4 saturated carbocycles. The van der Waals surface area contributed by atoms with Gasteiger partial charge in [0, 0.05) is 32.1 Å². The lowest BCUT2D eigenvalue weighted by atomic mass is 9.53. The Labute approximate surface area is 234 Å². The van der Waals surface area contributed by atoms with Gasteiger partial charge in [-0.2, -0.15) is 0 Å². The van der Waals surface area contributed by atoms with Crippen molar-refractivity contribution in [3.63, 3.8) is 0 Å². The van der Waals surface area contributed by atoms with Crippen molar-refractivity contribution in [2.75, 3.05) is 19.9 Å². The van der Waals surface area contributed by atoms with Crippen molar-refractivity contribution in [1.29, 1.82) is 0 Å². The maximum Gasteiger partial charge on any atom is 0.303 e. The largest absolute Gasteiger partial charge is 0.481 e. The highest BCUT2D eigenvalue weighted by Crippen LogP contribution is 2.55. The molecule has 7 nitrogen and oxygen atoms in total. The van der Waals surface area contributed by atoms with Crippen molar-refractivity contribution in [2.45, 2.75) is 127 Å². The summed E-state index contributed by atoms with van der Waals surface area (Å²) in [6.45, 7) is 11.7. The minimum atomic E-state index is -2.23. The van der Waals surface area contributed by atoms with E-state index in [0.717, 1.165) is 48.4 Å². The lowest BCUT2D eigenvalue weighted by Gasteiger charge is -2.57. The fourth-order valence-corrected chi connectivity index (χ4v) is 14.5. The Morgan fingerprint density at radius 1 is 0.868 bits per heavy atom. The van der Waals surface area contributed by atoms with E-state index in [2.05, 4.69) is 38.4 Å². The van der Waals surface area contributed by atoms with Gasteiger partial charge in [-0.05, 0) is 119 Å². The summed E-state index contributed by atoms with van der Waals surface area (Å²) >= 11 is 0. The van der Waals surface area contributed by atoms with Crippen LogP contribution in [0.2, 0.25) is 50.4 Å². The average molecular weight is 586 g/mol.